The molecule has 7 rings (SSSR count). The third-order valence-corrected chi connectivity index (χ3v) is 8.27. The summed E-state index contributed by atoms with van der Waals surface area (Å²) in [4.78, 5) is 23.0. The molecular weight excluding hydrogens is 611 g/mol. The molecule has 2 aliphatic rings. The highest BCUT2D eigenvalue weighted by Crippen LogP contribution is 2.29. The summed E-state index contributed by atoms with van der Waals surface area (Å²) < 4.78 is 53.1. The smallest absolute Gasteiger partial charge is 0.451 e. The van der Waals surface area contributed by atoms with Crippen LogP contribution in [0.4, 0.5) is 13.2 Å². The van der Waals surface area contributed by atoms with Gasteiger partial charge in [0.25, 0.3) is 0 Å². The summed E-state index contributed by atoms with van der Waals surface area (Å²) >= 11 is 6.00. The van der Waals surface area contributed by atoms with Gasteiger partial charge in [0.1, 0.15) is 23.3 Å². The number of piperidine rings is 1. The van der Waals surface area contributed by atoms with Crippen molar-refractivity contribution in [2.45, 2.75) is 57.2 Å². The highest BCUT2D eigenvalue weighted by atomic mass is 35.5. The molecule has 0 spiro atoms. The lowest BCUT2D eigenvalue weighted by Gasteiger charge is -2.32. The molecule has 11 nitrogen and oxygen atoms in total. The fraction of sp³-hybridized carbons (Fsp3) is 0.400. The van der Waals surface area contributed by atoms with Gasteiger partial charge in [-0.1, -0.05) is 23.7 Å². The van der Waals surface area contributed by atoms with Crippen molar-refractivity contribution in [1.82, 2.24) is 44.6 Å². The Labute approximate surface area is 260 Å². The van der Waals surface area contributed by atoms with E-state index in [1.165, 1.54) is 6.20 Å². The van der Waals surface area contributed by atoms with E-state index in [0.717, 1.165) is 50.3 Å². The molecule has 1 atom stereocenters. The fourth-order valence-corrected chi connectivity index (χ4v) is 5.65. The summed E-state index contributed by atoms with van der Waals surface area (Å²) in [5, 5.41) is 7.58. The summed E-state index contributed by atoms with van der Waals surface area (Å²) in [5.74, 6) is 0.892. The lowest BCUT2D eigenvalue weighted by molar-refractivity contribution is -0.144. The zero-order valence-corrected chi connectivity index (χ0v) is 24.8. The van der Waals surface area contributed by atoms with E-state index in [0.29, 0.717) is 53.0 Å². The normalized spacial score (nSPS) is 17.9. The number of alkyl halides is 3. The Morgan fingerprint density at radius 1 is 1.02 bits per heavy atom. The topological polar surface area (TPSA) is 120 Å². The Kier molecular flexibility index (Phi) is 8.10. The summed E-state index contributed by atoms with van der Waals surface area (Å²) in [6.45, 7) is 3.51. The predicted octanol–water partition coefficient (Wildman–Crippen LogP) is 5.10. The molecule has 2 fully saturated rings. The standard InChI is InChI=1S/C30H29ClF3N9O2/c31-20-3-1-18(2-4-20)13-24-35-9-5-26(38-24)45-21-6-10-42(11-7-21)17-25-37-23-14-19(27-39-29(41-40-27)30(32,33)34)15-36-28(23)43(25)16-22-8-12-44-22/h1-5,9,14-15,21-22H,6-8,10-13,16-17H2,(H,39,40,41). The maximum Gasteiger partial charge on any atom is 0.451 e. The van der Waals surface area contributed by atoms with E-state index < -0.39 is 12.0 Å². The highest BCUT2D eigenvalue weighted by Gasteiger charge is 2.35. The number of hydrogen-bond acceptors (Lipinski definition) is 9. The third kappa shape index (κ3) is 6.77. The summed E-state index contributed by atoms with van der Waals surface area (Å²) in [7, 11) is 0. The van der Waals surface area contributed by atoms with E-state index in [1.54, 1.807) is 18.3 Å². The molecule has 1 N–H and O–H groups in total. The number of ether oxygens (including phenoxy) is 2. The number of fused-ring (bicyclic) bond motifs is 1. The zero-order chi connectivity index (χ0) is 31.0. The minimum atomic E-state index is -4.62. The van der Waals surface area contributed by atoms with E-state index in [-0.39, 0.29) is 18.0 Å². The van der Waals surface area contributed by atoms with E-state index in [9.17, 15) is 13.2 Å². The minimum absolute atomic E-state index is 0.0157. The van der Waals surface area contributed by atoms with Crippen molar-refractivity contribution in [2.75, 3.05) is 19.7 Å². The number of H-pyrrole nitrogens is 1. The van der Waals surface area contributed by atoms with Crippen LogP contribution in [-0.4, -0.2) is 76.5 Å². The number of pyridine rings is 1. The van der Waals surface area contributed by atoms with Crippen LogP contribution >= 0.6 is 11.6 Å². The first-order valence-corrected chi connectivity index (χ1v) is 15.1. The molecule has 15 heteroatoms. The molecule has 0 saturated carbocycles. The number of aromatic nitrogens is 8. The Bertz CT molecular complexity index is 1780. The van der Waals surface area contributed by atoms with Gasteiger partial charge in [0.2, 0.25) is 11.7 Å². The van der Waals surface area contributed by atoms with Gasteiger partial charge in [0.15, 0.2) is 11.5 Å². The van der Waals surface area contributed by atoms with Crippen molar-refractivity contribution in [2.24, 2.45) is 0 Å². The predicted molar refractivity (Wildman–Crippen MR) is 157 cm³/mol. The van der Waals surface area contributed by atoms with Gasteiger partial charge in [-0.25, -0.2) is 15.0 Å². The Balaban J connectivity index is 1.02. The fourth-order valence-electron chi connectivity index (χ4n) is 5.52. The number of rotatable bonds is 9. The third-order valence-electron chi connectivity index (χ3n) is 8.01. The van der Waals surface area contributed by atoms with Crippen LogP contribution in [0.3, 0.4) is 0 Å². The van der Waals surface area contributed by atoms with Crippen LogP contribution in [0.1, 0.15) is 42.3 Å². The number of benzene rings is 1. The van der Waals surface area contributed by atoms with Crippen LogP contribution in [0.25, 0.3) is 22.6 Å². The van der Waals surface area contributed by atoms with Gasteiger partial charge >= 0.3 is 6.18 Å². The van der Waals surface area contributed by atoms with Gasteiger partial charge in [-0.15, -0.1) is 10.2 Å². The van der Waals surface area contributed by atoms with E-state index in [4.69, 9.17) is 26.1 Å². The summed E-state index contributed by atoms with van der Waals surface area (Å²) in [5.41, 5.74) is 2.67. The molecule has 2 saturated heterocycles. The van der Waals surface area contributed by atoms with Crippen molar-refractivity contribution in [1.29, 1.82) is 0 Å². The molecular formula is C30H29ClF3N9O2. The van der Waals surface area contributed by atoms with Crippen LogP contribution < -0.4 is 4.74 Å². The SMILES string of the molecule is FC(F)(F)c1nnc(-c2cnc3c(c2)nc(CN2CCC(Oc4ccnc(Cc5ccc(Cl)cc5)n4)CC2)n3CC2CCO2)[nH]1. The molecule has 6 heterocycles. The quantitative estimate of drug-likeness (QED) is 0.235. The first kappa shape index (κ1) is 29.6. The first-order chi connectivity index (χ1) is 21.8. The molecule has 0 amide bonds. The molecule has 4 aromatic heterocycles. The van der Waals surface area contributed by atoms with Crippen molar-refractivity contribution >= 4 is 22.8 Å². The number of imidazole rings is 1. The lowest BCUT2D eigenvalue weighted by atomic mass is 10.1. The molecule has 45 heavy (non-hydrogen) atoms. The maximum absolute atomic E-state index is 13.0. The van der Waals surface area contributed by atoms with Crippen LogP contribution in [-0.2, 0) is 30.4 Å². The molecule has 2 aliphatic heterocycles. The molecule has 5 aromatic rings. The van der Waals surface area contributed by atoms with Gasteiger partial charge in [0, 0.05) is 55.2 Å². The molecule has 1 unspecified atom stereocenters. The zero-order valence-electron chi connectivity index (χ0n) is 24.0. The average Bonchev–Trinajstić information content (AvgIpc) is 3.63. The van der Waals surface area contributed by atoms with Crippen LogP contribution in [0.5, 0.6) is 5.88 Å². The molecule has 234 valence electrons. The van der Waals surface area contributed by atoms with Crippen molar-refractivity contribution in [3.8, 4) is 17.3 Å². The number of halogens is 4. The molecule has 0 radical (unpaired) electrons. The first-order valence-electron chi connectivity index (χ1n) is 14.7. The number of nitrogens with zero attached hydrogens (tertiary/aromatic N) is 8. The van der Waals surface area contributed by atoms with Crippen LogP contribution in [0.2, 0.25) is 5.02 Å². The minimum Gasteiger partial charge on any atom is -0.474 e. The number of likely N-dealkylation sites (tertiary alicyclic amines) is 1. The van der Waals surface area contributed by atoms with E-state index >= 15 is 0 Å². The van der Waals surface area contributed by atoms with Gasteiger partial charge in [-0.3, -0.25) is 4.90 Å². The second-order valence-electron chi connectivity index (χ2n) is 11.2. The Morgan fingerprint density at radius 3 is 2.53 bits per heavy atom. The van der Waals surface area contributed by atoms with Crippen molar-refractivity contribution in [3.05, 3.63) is 76.9 Å². The molecule has 0 bridgehead atoms. The van der Waals surface area contributed by atoms with Gasteiger partial charge in [-0.05, 0) is 43.0 Å². The molecule has 0 aliphatic carbocycles. The van der Waals surface area contributed by atoms with Crippen LogP contribution in [0, 0.1) is 0 Å². The van der Waals surface area contributed by atoms with Gasteiger partial charge < -0.3 is 19.0 Å². The number of aromatic amines is 1. The Morgan fingerprint density at radius 2 is 1.82 bits per heavy atom. The monoisotopic (exact) mass is 639 g/mol. The second-order valence-corrected chi connectivity index (χ2v) is 11.7. The van der Waals surface area contributed by atoms with E-state index in [1.807, 2.05) is 24.3 Å². The molecule has 1 aromatic carbocycles. The average molecular weight is 640 g/mol. The second kappa shape index (κ2) is 12.3. The Hall–Kier alpha value is -4.14. The van der Waals surface area contributed by atoms with Crippen molar-refractivity contribution in [3.63, 3.8) is 0 Å². The van der Waals surface area contributed by atoms with Gasteiger partial charge in [-0.2, -0.15) is 18.2 Å². The highest BCUT2D eigenvalue weighted by molar-refractivity contribution is 6.30. The summed E-state index contributed by atoms with van der Waals surface area (Å²) in [6.07, 6.45) is 1.85. The largest absolute Gasteiger partial charge is 0.474 e. The number of hydrogen-bond donors (Lipinski definition) is 1. The number of nitrogens with one attached hydrogen (secondary N) is 1. The van der Waals surface area contributed by atoms with Crippen molar-refractivity contribution < 1.29 is 22.6 Å². The maximum atomic E-state index is 13.0. The summed E-state index contributed by atoms with van der Waals surface area (Å²) in [6, 6.07) is 11.1. The van der Waals surface area contributed by atoms with Crippen LogP contribution in [0.15, 0.2) is 48.8 Å². The lowest BCUT2D eigenvalue weighted by Crippen LogP contribution is -2.39. The van der Waals surface area contributed by atoms with E-state index in [2.05, 4.69) is 39.6 Å². The van der Waals surface area contributed by atoms with Gasteiger partial charge in [0.05, 0.1) is 19.2 Å².